The first-order valence-electron chi connectivity index (χ1n) is 8.45. The van der Waals surface area contributed by atoms with Crippen molar-refractivity contribution in [3.05, 3.63) is 52.8 Å². The van der Waals surface area contributed by atoms with Crippen molar-refractivity contribution >= 4 is 73.1 Å². The van der Waals surface area contributed by atoms with Gasteiger partial charge in [0.1, 0.15) is 0 Å². The number of aromatic nitrogens is 1. The zero-order valence-electron chi connectivity index (χ0n) is 14.7. The quantitative estimate of drug-likeness (QED) is 0.779. The third kappa shape index (κ3) is 3.90. The predicted molar refractivity (Wildman–Crippen MR) is 99.8 cm³/mol. The number of aryl methyl sites for hydroxylation is 2. The Kier molecular flexibility index (Phi) is 6.20. The van der Waals surface area contributed by atoms with E-state index < -0.39 is 16.1 Å². The van der Waals surface area contributed by atoms with E-state index in [1.165, 1.54) is 35.7 Å². The second-order valence-corrected chi connectivity index (χ2v) is 8.16. The number of nitrogens with one attached hydrogen (secondary N) is 2. The Labute approximate surface area is 195 Å². The van der Waals surface area contributed by atoms with Crippen LogP contribution in [0.2, 0.25) is 0 Å². The maximum atomic E-state index is 12.4. The molecule has 0 unspecified atom stereocenters. The Morgan fingerprint density at radius 2 is 1.54 bits per heavy atom. The third-order valence-electron chi connectivity index (χ3n) is 4.90. The summed E-state index contributed by atoms with van der Waals surface area (Å²) in [5.74, 6) is 0. The molecular formula is C18H19KN3O3S. The van der Waals surface area contributed by atoms with Crippen LogP contribution in [0, 0.1) is 0 Å². The molecule has 0 bridgehead atoms. The van der Waals surface area contributed by atoms with Crippen molar-refractivity contribution in [1.29, 1.82) is 0 Å². The van der Waals surface area contributed by atoms with Crippen molar-refractivity contribution in [3.63, 3.8) is 0 Å². The van der Waals surface area contributed by atoms with Crippen molar-refractivity contribution in [2.45, 2.75) is 43.4 Å². The molecule has 1 radical (unpaired) electrons. The molecule has 26 heavy (non-hydrogen) atoms. The molecule has 2 N–H and O–H groups in total. The van der Waals surface area contributed by atoms with Gasteiger partial charge in [-0.3, -0.25) is 4.98 Å². The van der Waals surface area contributed by atoms with E-state index in [1.54, 1.807) is 0 Å². The van der Waals surface area contributed by atoms with Crippen molar-refractivity contribution in [1.82, 2.24) is 9.71 Å². The van der Waals surface area contributed by atoms with Crippen LogP contribution < -0.4 is 10.0 Å². The molecular weight excluding hydrogens is 377 g/mol. The maximum Gasteiger partial charge on any atom is 0.333 e. The molecule has 2 aliphatic carbocycles. The Morgan fingerprint density at radius 1 is 0.962 bits per heavy atom. The standard InChI is InChI=1S/C18H19N3O3S.K/c22-18(21-25(23,24)14-7-9-19-10-8-14)20-17-15-5-1-3-12(15)11-13-4-2-6-16(13)17;/h7-11H,1-6H2,(H2,20,21,22);. The number of sulfonamides is 1. The summed E-state index contributed by atoms with van der Waals surface area (Å²) in [5.41, 5.74) is 5.72. The molecule has 0 spiro atoms. The number of carbonyl (C=O) groups is 1. The molecule has 0 atom stereocenters. The zero-order valence-corrected chi connectivity index (χ0v) is 18.6. The van der Waals surface area contributed by atoms with E-state index in [-0.39, 0.29) is 56.3 Å². The van der Waals surface area contributed by atoms with E-state index in [9.17, 15) is 13.2 Å². The van der Waals surface area contributed by atoms with E-state index in [0.29, 0.717) is 0 Å². The molecule has 1 aromatic heterocycles. The summed E-state index contributed by atoms with van der Waals surface area (Å²) >= 11 is 0. The second kappa shape index (κ2) is 8.08. The number of rotatable bonds is 3. The average Bonchev–Trinajstić information content (AvgIpc) is 3.24. The maximum absolute atomic E-state index is 12.4. The topological polar surface area (TPSA) is 88.2 Å². The van der Waals surface area contributed by atoms with Crippen molar-refractivity contribution < 1.29 is 13.2 Å². The van der Waals surface area contributed by atoms with Crippen molar-refractivity contribution in [3.8, 4) is 0 Å². The number of fused-ring (bicyclic) bond motifs is 2. The first-order valence-corrected chi connectivity index (χ1v) is 9.93. The van der Waals surface area contributed by atoms with Gasteiger partial charge in [0, 0.05) is 69.5 Å². The molecule has 0 saturated heterocycles. The van der Waals surface area contributed by atoms with Crippen LogP contribution in [-0.2, 0) is 35.7 Å². The van der Waals surface area contributed by atoms with Crippen molar-refractivity contribution in [2.75, 3.05) is 5.32 Å². The van der Waals surface area contributed by atoms with Gasteiger partial charge in [0.15, 0.2) is 0 Å². The number of benzene rings is 1. The first-order chi connectivity index (χ1) is 12.0. The number of pyridine rings is 1. The van der Waals surface area contributed by atoms with E-state index in [0.717, 1.165) is 55.3 Å². The smallest absolute Gasteiger partial charge is 0.307 e. The van der Waals surface area contributed by atoms with Gasteiger partial charge in [-0.05, 0) is 72.9 Å². The average molecular weight is 397 g/mol. The van der Waals surface area contributed by atoms with E-state index in [2.05, 4.69) is 21.1 Å². The van der Waals surface area contributed by atoms with Crippen LogP contribution in [0.4, 0.5) is 10.5 Å². The van der Waals surface area contributed by atoms with Gasteiger partial charge >= 0.3 is 6.03 Å². The molecule has 0 saturated carbocycles. The molecule has 2 aromatic rings. The Hall–Kier alpha value is -0.774. The SMILES string of the molecule is O=C(Nc1c2c(cc3c1CCC3)CCC2)NS(=O)(=O)c1ccncc1.[K]. The van der Waals surface area contributed by atoms with Crippen LogP contribution in [0.3, 0.4) is 0 Å². The molecule has 1 aromatic carbocycles. The van der Waals surface area contributed by atoms with Crippen molar-refractivity contribution in [2.24, 2.45) is 0 Å². The normalized spacial score (nSPS) is 14.9. The van der Waals surface area contributed by atoms with Crippen LogP contribution >= 0.6 is 0 Å². The van der Waals surface area contributed by atoms with Gasteiger partial charge in [-0.15, -0.1) is 0 Å². The van der Waals surface area contributed by atoms with Crippen LogP contribution in [0.1, 0.15) is 35.1 Å². The third-order valence-corrected chi connectivity index (χ3v) is 6.25. The summed E-state index contributed by atoms with van der Waals surface area (Å²) in [6.07, 6.45) is 8.80. The molecule has 0 aliphatic heterocycles. The molecule has 2 amide bonds. The summed E-state index contributed by atoms with van der Waals surface area (Å²) in [7, 11) is -3.91. The van der Waals surface area contributed by atoms with Gasteiger partial charge in [-0.1, -0.05) is 6.07 Å². The number of carbonyl (C=O) groups excluding carboxylic acids is 1. The number of amides is 2. The fraction of sp³-hybridized carbons (Fsp3) is 0.333. The van der Waals surface area contributed by atoms with E-state index in [1.807, 2.05) is 0 Å². The Balaban J connectivity index is 0.00000196. The number of anilines is 1. The monoisotopic (exact) mass is 396 g/mol. The molecule has 1 heterocycles. The molecule has 8 heteroatoms. The Bertz CT molecular complexity index is 914. The largest absolute Gasteiger partial charge is 0.333 e. The summed E-state index contributed by atoms with van der Waals surface area (Å²) in [4.78, 5) is 16.2. The van der Waals surface area contributed by atoms with Gasteiger partial charge in [0.2, 0.25) is 0 Å². The van der Waals surface area contributed by atoms with Gasteiger partial charge in [0.25, 0.3) is 10.0 Å². The predicted octanol–water partition coefficient (Wildman–Crippen LogP) is 2.19. The van der Waals surface area contributed by atoms with Crippen LogP contribution in [0.5, 0.6) is 0 Å². The summed E-state index contributed by atoms with van der Waals surface area (Å²) in [6, 6.07) is 4.26. The molecule has 2 aliphatic rings. The fourth-order valence-electron chi connectivity index (χ4n) is 3.80. The van der Waals surface area contributed by atoms with E-state index >= 15 is 0 Å². The summed E-state index contributed by atoms with van der Waals surface area (Å²) < 4.78 is 26.7. The van der Waals surface area contributed by atoms with Gasteiger partial charge in [0.05, 0.1) is 4.90 Å². The zero-order chi connectivity index (χ0) is 17.4. The summed E-state index contributed by atoms with van der Waals surface area (Å²) in [5, 5.41) is 2.82. The molecule has 4 rings (SSSR count). The number of hydrogen-bond donors (Lipinski definition) is 2. The van der Waals surface area contributed by atoms with Gasteiger partial charge < -0.3 is 5.32 Å². The van der Waals surface area contributed by atoms with Crippen LogP contribution in [-0.4, -0.2) is 70.8 Å². The van der Waals surface area contributed by atoms with Crippen LogP contribution in [0.25, 0.3) is 0 Å². The summed E-state index contributed by atoms with van der Waals surface area (Å²) in [6.45, 7) is 0. The molecule has 6 nitrogen and oxygen atoms in total. The minimum absolute atomic E-state index is 0. The first kappa shape index (κ1) is 20.0. The van der Waals surface area contributed by atoms with Gasteiger partial charge in [-0.25, -0.2) is 17.9 Å². The molecule has 131 valence electrons. The number of nitrogens with zero attached hydrogens (tertiary/aromatic N) is 1. The molecule has 0 fully saturated rings. The number of urea groups is 1. The van der Waals surface area contributed by atoms with Gasteiger partial charge in [-0.2, -0.15) is 0 Å². The Morgan fingerprint density at radius 3 is 2.12 bits per heavy atom. The fourth-order valence-corrected chi connectivity index (χ4v) is 4.70. The number of hydrogen-bond acceptors (Lipinski definition) is 4. The van der Waals surface area contributed by atoms with E-state index in [4.69, 9.17) is 0 Å². The second-order valence-electron chi connectivity index (χ2n) is 6.48. The van der Waals surface area contributed by atoms with Crippen LogP contribution in [0.15, 0.2) is 35.5 Å². The minimum atomic E-state index is -3.91. The minimum Gasteiger partial charge on any atom is -0.307 e.